The van der Waals surface area contributed by atoms with Crippen molar-refractivity contribution in [3.05, 3.63) is 52.1 Å². The van der Waals surface area contributed by atoms with E-state index in [4.69, 9.17) is 16.6 Å². The lowest BCUT2D eigenvalue weighted by Crippen LogP contribution is -2.07. The summed E-state index contributed by atoms with van der Waals surface area (Å²) < 4.78 is 2.22. The Kier molecular flexibility index (Phi) is 3.64. The van der Waals surface area contributed by atoms with Gasteiger partial charge in [-0.1, -0.05) is 23.7 Å². The van der Waals surface area contributed by atoms with E-state index in [1.807, 2.05) is 32.0 Å². The van der Waals surface area contributed by atoms with Crippen molar-refractivity contribution in [1.82, 2.24) is 19.7 Å². The van der Waals surface area contributed by atoms with Crippen LogP contribution in [0.2, 0.25) is 5.15 Å². The van der Waals surface area contributed by atoms with Crippen LogP contribution >= 0.6 is 11.6 Å². The Morgan fingerprint density at radius 1 is 1.10 bits per heavy atom. The van der Waals surface area contributed by atoms with Gasteiger partial charge in [0.2, 0.25) is 0 Å². The number of hydrogen-bond donors (Lipinski definition) is 0. The molecule has 0 saturated heterocycles. The van der Waals surface area contributed by atoms with E-state index in [9.17, 15) is 0 Å². The zero-order valence-corrected chi connectivity index (χ0v) is 13.1. The van der Waals surface area contributed by atoms with Crippen LogP contribution in [0.4, 0.5) is 0 Å². The minimum atomic E-state index is 0.472. The molecule has 4 nitrogen and oxygen atoms in total. The van der Waals surface area contributed by atoms with Crippen LogP contribution in [0.5, 0.6) is 0 Å². The summed E-state index contributed by atoms with van der Waals surface area (Å²) in [5, 5.41) is 8.74. The normalized spacial score (nSPS) is 11.2. The minimum Gasteiger partial charge on any atom is -0.328 e. The van der Waals surface area contributed by atoms with Gasteiger partial charge in [0.05, 0.1) is 23.1 Å². The smallest absolute Gasteiger partial charge is 0.154 e. The Balaban J connectivity index is 2.08. The van der Waals surface area contributed by atoms with Crippen LogP contribution in [0.3, 0.4) is 0 Å². The van der Waals surface area contributed by atoms with Gasteiger partial charge < -0.3 is 4.57 Å². The van der Waals surface area contributed by atoms with E-state index in [2.05, 4.69) is 27.8 Å². The van der Waals surface area contributed by atoms with Crippen molar-refractivity contribution in [3.63, 3.8) is 0 Å². The lowest BCUT2D eigenvalue weighted by Gasteiger charge is -2.09. The summed E-state index contributed by atoms with van der Waals surface area (Å²) in [6.45, 7) is 7.01. The van der Waals surface area contributed by atoms with Gasteiger partial charge in [-0.15, -0.1) is 5.10 Å². The van der Waals surface area contributed by atoms with Gasteiger partial charge in [0.25, 0.3) is 0 Å². The molecule has 2 aromatic heterocycles. The molecule has 2 heterocycles. The van der Waals surface area contributed by atoms with Gasteiger partial charge in [-0.05, 0) is 44.0 Å². The van der Waals surface area contributed by atoms with Crippen LogP contribution < -0.4 is 0 Å². The van der Waals surface area contributed by atoms with Crippen molar-refractivity contribution in [2.24, 2.45) is 0 Å². The van der Waals surface area contributed by atoms with Gasteiger partial charge in [-0.25, -0.2) is 4.98 Å². The molecule has 3 aromatic rings. The summed E-state index contributed by atoms with van der Waals surface area (Å²) in [7, 11) is 0. The number of fused-ring (bicyclic) bond motifs is 1. The standard InChI is InChI=1S/C16H17ClN4/c1-4-21-14-8-6-5-7-12(14)18-15(21)9-13-10(2)11(3)16(17)20-19-13/h5-8H,4,9H2,1-3H3. The Morgan fingerprint density at radius 3 is 2.62 bits per heavy atom. The van der Waals surface area contributed by atoms with Gasteiger partial charge in [-0.3, -0.25) is 0 Å². The molecule has 0 aliphatic heterocycles. The SMILES string of the molecule is CCn1c(Cc2nnc(Cl)c(C)c2C)nc2ccccc21. The lowest BCUT2D eigenvalue weighted by molar-refractivity contribution is 0.722. The predicted octanol–water partition coefficient (Wildman–Crippen LogP) is 3.71. The third-order valence-electron chi connectivity index (χ3n) is 3.94. The number of nitrogens with zero attached hydrogens (tertiary/aromatic N) is 4. The molecule has 0 fully saturated rings. The monoisotopic (exact) mass is 300 g/mol. The molecule has 5 heteroatoms. The van der Waals surface area contributed by atoms with Crippen LogP contribution in [0.15, 0.2) is 24.3 Å². The molecule has 1 aromatic carbocycles. The minimum absolute atomic E-state index is 0.472. The maximum Gasteiger partial charge on any atom is 0.154 e. The van der Waals surface area contributed by atoms with Gasteiger partial charge in [0.15, 0.2) is 5.15 Å². The second-order valence-corrected chi connectivity index (χ2v) is 5.48. The largest absolute Gasteiger partial charge is 0.328 e. The highest BCUT2D eigenvalue weighted by atomic mass is 35.5. The van der Waals surface area contributed by atoms with E-state index in [0.29, 0.717) is 11.6 Å². The molecule has 0 bridgehead atoms. The molecular weight excluding hydrogens is 284 g/mol. The van der Waals surface area contributed by atoms with Crippen LogP contribution in [-0.2, 0) is 13.0 Å². The molecule has 0 atom stereocenters. The summed E-state index contributed by atoms with van der Waals surface area (Å²) in [6.07, 6.45) is 0.666. The van der Waals surface area contributed by atoms with E-state index in [1.165, 1.54) is 0 Å². The predicted molar refractivity (Wildman–Crippen MR) is 84.7 cm³/mol. The molecule has 0 N–H and O–H groups in total. The van der Waals surface area contributed by atoms with Crippen molar-refractivity contribution < 1.29 is 0 Å². The molecule has 0 radical (unpaired) electrons. The maximum absolute atomic E-state index is 6.02. The van der Waals surface area contributed by atoms with Crippen molar-refractivity contribution in [1.29, 1.82) is 0 Å². The van der Waals surface area contributed by atoms with Gasteiger partial charge in [0.1, 0.15) is 5.82 Å². The second-order valence-electron chi connectivity index (χ2n) is 5.13. The van der Waals surface area contributed by atoms with Crippen LogP contribution in [0.25, 0.3) is 11.0 Å². The average molecular weight is 301 g/mol. The lowest BCUT2D eigenvalue weighted by atomic mass is 10.1. The number of halogens is 1. The number of benzene rings is 1. The molecule has 0 aliphatic carbocycles. The quantitative estimate of drug-likeness (QED) is 0.740. The van der Waals surface area contributed by atoms with Gasteiger partial charge >= 0.3 is 0 Å². The molecule has 3 rings (SSSR count). The summed E-state index contributed by atoms with van der Waals surface area (Å²) in [6, 6.07) is 8.19. The van der Waals surface area contributed by atoms with Gasteiger partial charge in [-0.2, -0.15) is 5.10 Å². The number of aryl methyl sites for hydroxylation is 1. The highest BCUT2D eigenvalue weighted by Crippen LogP contribution is 2.22. The first-order valence-corrected chi connectivity index (χ1v) is 7.42. The summed E-state index contributed by atoms with van der Waals surface area (Å²) in [5.74, 6) is 1.01. The Labute approximate surface area is 128 Å². The van der Waals surface area contributed by atoms with Crippen LogP contribution in [-0.4, -0.2) is 19.7 Å². The Bertz CT molecular complexity index is 807. The number of para-hydroxylation sites is 2. The first-order valence-electron chi connectivity index (χ1n) is 7.04. The maximum atomic E-state index is 6.02. The molecular formula is C16H17ClN4. The van der Waals surface area contributed by atoms with Crippen LogP contribution in [0.1, 0.15) is 29.6 Å². The summed E-state index contributed by atoms with van der Waals surface area (Å²) >= 11 is 6.02. The van der Waals surface area contributed by atoms with Crippen LogP contribution in [0, 0.1) is 13.8 Å². The van der Waals surface area contributed by atoms with E-state index < -0.39 is 0 Å². The first kappa shape index (κ1) is 14.0. The topological polar surface area (TPSA) is 43.6 Å². The van der Waals surface area contributed by atoms with Crippen molar-refractivity contribution >= 4 is 22.6 Å². The average Bonchev–Trinajstić information content (AvgIpc) is 2.85. The third-order valence-corrected chi connectivity index (χ3v) is 4.30. The molecule has 0 amide bonds. The Morgan fingerprint density at radius 2 is 1.86 bits per heavy atom. The molecule has 0 spiro atoms. The summed E-state index contributed by atoms with van der Waals surface area (Å²) in [4.78, 5) is 4.73. The first-order chi connectivity index (χ1) is 10.1. The number of rotatable bonds is 3. The highest BCUT2D eigenvalue weighted by molar-refractivity contribution is 6.30. The molecule has 0 aliphatic rings. The van der Waals surface area contributed by atoms with E-state index in [-0.39, 0.29) is 0 Å². The zero-order valence-electron chi connectivity index (χ0n) is 12.4. The molecule has 21 heavy (non-hydrogen) atoms. The second kappa shape index (κ2) is 5.45. The van der Waals surface area contributed by atoms with Crippen molar-refractivity contribution in [2.75, 3.05) is 0 Å². The molecule has 108 valence electrons. The van der Waals surface area contributed by atoms with E-state index >= 15 is 0 Å². The molecule has 0 unspecified atom stereocenters. The number of aromatic nitrogens is 4. The zero-order chi connectivity index (χ0) is 15.0. The fourth-order valence-electron chi connectivity index (χ4n) is 2.56. The fourth-order valence-corrected chi connectivity index (χ4v) is 2.74. The molecule has 0 saturated carbocycles. The Hall–Kier alpha value is -1.94. The van der Waals surface area contributed by atoms with E-state index in [0.717, 1.165) is 40.2 Å². The highest BCUT2D eigenvalue weighted by Gasteiger charge is 2.14. The third kappa shape index (κ3) is 2.40. The van der Waals surface area contributed by atoms with Crippen molar-refractivity contribution in [3.8, 4) is 0 Å². The summed E-state index contributed by atoms with van der Waals surface area (Å²) in [5.41, 5.74) is 5.18. The number of imidazole rings is 1. The fraction of sp³-hybridized carbons (Fsp3) is 0.312. The number of hydrogen-bond acceptors (Lipinski definition) is 3. The van der Waals surface area contributed by atoms with Crippen molar-refractivity contribution in [2.45, 2.75) is 33.7 Å². The van der Waals surface area contributed by atoms with E-state index in [1.54, 1.807) is 0 Å². The van der Waals surface area contributed by atoms with Gasteiger partial charge in [0, 0.05) is 6.54 Å².